The SMILES string of the molecule is C=CC(=O)Oc1ccc(CCC(=O)Oc2ccc(-c3ccc(OC(=O)C(C)C)cc3)cc2)cc1OC(=O)C=C. The lowest BCUT2D eigenvalue weighted by Crippen LogP contribution is -2.14. The van der Waals surface area contributed by atoms with Crippen molar-refractivity contribution in [3.8, 4) is 34.1 Å². The van der Waals surface area contributed by atoms with Crippen LogP contribution in [0.1, 0.15) is 25.8 Å². The van der Waals surface area contributed by atoms with E-state index in [9.17, 15) is 19.2 Å². The molecule has 39 heavy (non-hydrogen) atoms. The number of aryl methyl sites for hydroxylation is 1. The van der Waals surface area contributed by atoms with Crippen molar-refractivity contribution in [1.29, 1.82) is 0 Å². The van der Waals surface area contributed by atoms with Crippen molar-refractivity contribution in [2.45, 2.75) is 26.7 Å². The standard InChI is InChI=1S/C31H28O8/c1-5-28(32)38-26-17-7-21(19-27(26)39-29(33)6-2)8-18-30(34)36-24-13-9-22(10-14-24)23-11-15-25(16-12-23)37-31(35)20(3)4/h5-7,9-17,19-20H,1-2,8,18H2,3-4H3. The smallest absolute Gasteiger partial charge is 0.335 e. The molecule has 0 aromatic heterocycles. The van der Waals surface area contributed by atoms with E-state index < -0.39 is 17.9 Å². The van der Waals surface area contributed by atoms with Crippen LogP contribution < -0.4 is 18.9 Å². The maximum absolute atomic E-state index is 12.4. The maximum atomic E-state index is 12.4. The average molecular weight is 529 g/mol. The van der Waals surface area contributed by atoms with Gasteiger partial charge in [-0.2, -0.15) is 0 Å². The highest BCUT2D eigenvalue weighted by Crippen LogP contribution is 2.30. The number of rotatable bonds is 11. The topological polar surface area (TPSA) is 105 Å². The molecule has 200 valence electrons. The molecule has 8 nitrogen and oxygen atoms in total. The first kappa shape index (κ1) is 28.6. The molecule has 3 aromatic carbocycles. The molecule has 0 bridgehead atoms. The van der Waals surface area contributed by atoms with Crippen LogP contribution in [0.15, 0.2) is 92.0 Å². The second-order valence-electron chi connectivity index (χ2n) is 8.63. The fraction of sp³-hybridized carbons (Fsp3) is 0.161. The molecule has 0 unspecified atom stereocenters. The Hall–Kier alpha value is -4.98. The van der Waals surface area contributed by atoms with Gasteiger partial charge in [0, 0.05) is 18.6 Å². The van der Waals surface area contributed by atoms with Gasteiger partial charge in [0.1, 0.15) is 11.5 Å². The molecular formula is C31H28O8. The van der Waals surface area contributed by atoms with Gasteiger partial charge in [0.25, 0.3) is 0 Å². The highest BCUT2D eigenvalue weighted by atomic mass is 16.6. The van der Waals surface area contributed by atoms with Gasteiger partial charge in [-0.3, -0.25) is 9.59 Å². The molecule has 3 aromatic rings. The molecule has 3 rings (SSSR count). The molecule has 0 N–H and O–H groups in total. The first-order valence-electron chi connectivity index (χ1n) is 12.1. The van der Waals surface area contributed by atoms with Crippen molar-refractivity contribution in [3.63, 3.8) is 0 Å². The number of carbonyl (C=O) groups is 4. The van der Waals surface area contributed by atoms with Crippen LogP contribution in [0.25, 0.3) is 11.1 Å². The summed E-state index contributed by atoms with van der Waals surface area (Å²) in [6, 6.07) is 18.8. The lowest BCUT2D eigenvalue weighted by molar-refractivity contribution is -0.138. The first-order chi connectivity index (χ1) is 18.7. The lowest BCUT2D eigenvalue weighted by Gasteiger charge is -2.11. The molecule has 0 heterocycles. The van der Waals surface area contributed by atoms with E-state index in [-0.39, 0.29) is 29.8 Å². The Morgan fingerprint density at radius 1 is 0.692 bits per heavy atom. The van der Waals surface area contributed by atoms with Crippen LogP contribution in [0.3, 0.4) is 0 Å². The fourth-order valence-corrected chi connectivity index (χ4v) is 3.27. The summed E-state index contributed by atoms with van der Waals surface area (Å²) in [5.41, 5.74) is 2.47. The predicted molar refractivity (Wildman–Crippen MR) is 144 cm³/mol. The Morgan fingerprint density at radius 3 is 1.72 bits per heavy atom. The van der Waals surface area contributed by atoms with Gasteiger partial charge in [-0.15, -0.1) is 0 Å². The zero-order valence-electron chi connectivity index (χ0n) is 21.7. The van der Waals surface area contributed by atoms with Gasteiger partial charge in [0.15, 0.2) is 11.5 Å². The van der Waals surface area contributed by atoms with Crippen molar-refractivity contribution in [3.05, 3.63) is 97.6 Å². The maximum Gasteiger partial charge on any atom is 0.335 e. The summed E-state index contributed by atoms with van der Waals surface area (Å²) >= 11 is 0. The Labute approximate surface area is 226 Å². The quantitative estimate of drug-likeness (QED) is 0.179. The summed E-state index contributed by atoms with van der Waals surface area (Å²) in [4.78, 5) is 47.4. The highest BCUT2D eigenvalue weighted by Gasteiger charge is 2.14. The van der Waals surface area contributed by atoms with E-state index in [1.54, 1.807) is 44.2 Å². The minimum absolute atomic E-state index is 0.0164. The highest BCUT2D eigenvalue weighted by molar-refractivity contribution is 5.86. The average Bonchev–Trinajstić information content (AvgIpc) is 2.93. The van der Waals surface area contributed by atoms with E-state index in [1.165, 1.54) is 12.1 Å². The monoisotopic (exact) mass is 528 g/mol. The molecule has 0 amide bonds. The van der Waals surface area contributed by atoms with Gasteiger partial charge >= 0.3 is 23.9 Å². The zero-order valence-corrected chi connectivity index (χ0v) is 21.7. The van der Waals surface area contributed by atoms with Crippen LogP contribution >= 0.6 is 0 Å². The van der Waals surface area contributed by atoms with E-state index in [1.807, 2.05) is 24.3 Å². The van der Waals surface area contributed by atoms with Crippen molar-refractivity contribution < 1.29 is 38.1 Å². The third-order valence-electron chi connectivity index (χ3n) is 5.34. The van der Waals surface area contributed by atoms with Crippen LogP contribution in [0.4, 0.5) is 0 Å². The van der Waals surface area contributed by atoms with E-state index in [0.29, 0.717) is 23.5 Å². The van der Waals surface area contributed by atoms with E-state index in [4.69, 9.17) is 18.9 Å². The van der Waals surface area contributed by atoms with Crippen LogP contribution in [0, 0.1) is 5.92 Å². The van der Waals surface area contributed by atoms with E-state index in [2.05, 4.69) is 13.2 Å². The van der Waals surface area contributed by atoms with Crippen LogP contribution in [0.2, 0.25) is 0 Å². The minimum atomic E-state index is -0.726. The molecule has 0 fully saturated rings. The first-order valence-corrected chi connectivity index (χ1v) is 12.1. The molecule has 0 atom stereocenters. The number of esters is 4. The Bertz CT molecular complexity index is 1370. The second-order valence-corrected chi connectivity index (χ2v) is 8.63. The molecule has 0 spiro atoms. The van der Waals surface area contributed by atoms with Crippen LogP contribution in [-0.4, -0.2) is 23.9 Å². The van der Waals surface area contributed by atoms with Crippen LogP contribution in [0.5, 0.6) is 23.0 Å². The van der Waals surface area contributed by atoms with E-state index >= 15 is 0 Å². The number of hydrogen-bond donors (Lipinski definition) is 0. The van der Waals surface area contributed by atoms with Gasteiger partial charge < -0.3 is 18.9 Å². The number of carbonyl (C=O) groups excluding carboxylic acids is 4. The minimum Gasteiger partial charge on any atom is -0.427 e. The number of benzene rings is 3. The summed E-state index contributed by atoms with van der Waals surface area (Å²) in [6.07, 6.45) is 2.31. The van der Waals surface area contributed by atoms with Gasteiger partial charge in [-0.25, -0.2) is 9.59 Å². The third-order valence-corrected chi connectivity index (χ3v) is 5.34. The predicted octanol–water partition coefficient (Wildman–Crippen LogP) is 5.64. The molecular weight excluding hydrogens is 500 g/mol. The fourth-order valence-electron chi connectivity index (χ4n) is 3.27. The lowest BCUT2D eigenvalue weighted by atomic mass is 10.1. The molecule has 0 aliphatic rings. The Balaban J connectivity index is 1.59. The van der Waals surface area contributed by atoms with Gasteiger partial charge in [-0.1, -0.05) is 57.3 Å². The van der Waals surface area contributed by atoms with Crippen molar-refractivity contribution in [1.82, 2.24) is 0 Å². The summed E-state index contributed by atoms with van der Waals surface area (Å²) < 4.78 is 21.0. The second kappa shape index (κ2) is 13.5. The number of ether oxygens (including phenoxy) is 4. The summed E-state index contributed by atoms with van der Waals surface area (Å²) in [6.45, 7) is 10.2. The van der Waals surface area contributed by atoms with Crippen LogP contribution in [-0.2, 0) is 25.6 Å². The largest absolute Gasteiger partial charge is 0.427 e. The molecule has 0 saturated carbocycles. The van der Waals surface area contributed by atoms with Crippen molar-refractivity contribution in [2.75, 3.05) is 0 Å². The summed E-state index contributed by atoms with van der Waals surface area (Å²) in [7, 11) is 0. The molecule has 0 aliphatic carbocycles. The van der Waals surface area contributed by atoms with Crippen molar-refractivity contribution >= 4 is 23.9 Å². The normalized spacial score (nSPS) is 10.3. The molecule has 0 saturated heterocycles. The van der Waals surface area contributed by atoms with Gasteiger partial charge in [-0.05, 0) is 59.5 Å². The Kier molecular flexibility index (Phi) is 9.92. The van der Waals surface area contributed by atoms with E-state index in [0.717, 1.165) is 23.3 Å². The zero-order chi connectivity index (χ0) is 28.4. The molecule has 0 aliphatic heterocycles. The third kappa shape index (κ3) is 8.53. The summed E-state index contributed by atoms with van der Waals surface area (Å²) in [5.74, 6) is -1.49. The molecule has 8 heteroatoms. The van der Waals surface area contributed by atoms with Gasteiger partial charge in [0.2, 0.25) is 0 Å². The van der Waals surface area contributed by atoms with Gasteiger partial charge in [0.05, 0.1) is 5.92 Å². The Morgan fingerprint density at radius 2 is 1.21 bits per heavy atom. The summed E-state index contributed by atoms with van der Waals surface area (Å²) in [5, 5.41) is 0. The van der Waals surface area contributed by atoms with Crippen molar-refractivity contribution in [2.24, 2.45) is 5.92 Å². The number of hydrogen-bond acceptors (Lipinski definition) is 8. The molecule has 0 radical (unpaired) electrons.